The lowest BCUT2D eigenvalue weighted by Gasteiger charge is -2.03. The smallest absolute Gasteiger partial charge is 0.357 e. The van der Waals surface area contributed by atoms with E-state index in [-0.39, 0.29) is 12.3 Å². The number of ether oxygens (including phenoxy) is 1. The molecule has 5 nitrogen and oxygen atoms in total. The van der Waals surface area contributed by atoms with Crippen LogP contribution in [0.25, 0.3) is 0 Å². The van der Waals surface area contributed by atoms with Gasteiger partial charge in [0, 0.05) is 0 Å². The summed E-state index contributed by atoms with van der Waals surface area (Å²) < 4.78 is 8.99. The van der Waals surface area contributed by atoms with Gasteiger partial charge in [-0.2, -0.15) is 0 Å². The van der Waals surface area contributed by atoms with Crippen LogP contribution in [0.1, 0.15) is 15.4 Å². The van der Waals surface area contributed by atoms with Crippen LogP contribution in [0.5, 0.6) is 5.75 Å². The van der Waals surface area contributed by atoms with Gasteiger partial charge in [-0.3, -0.25) is 0 Å². The average molecular weight is 236 g/mol. The van der Waals surface area contributed by atoms with Gasteiger partial charge in [-0.25, -0.2) is 4.79 Å². The van der Waals surface area contributed by atoms with E-state index in [0.29, 0.717) is 10.6 Å². The zero-order valence-corrected chi connectivity index (χ0v) is 8.98. The highest BCUT2D eigenvalue weighted by atomic mass is 32.1. The number of hydrogen-bond acceptors (Lipinski definition) is 5. The summed E-state index contributed by atoms with van der Waals surface area (Å²) in [6.45, 7) is 0.170. The Morgan fingerprint density at radius 2 is 2.12 bits per heavy atom. The van der Waals surface area contributed by atoms with Crippen molar-refractivity contribution in [3.8, 4) is 5.75 Å². The molecule has 0 fully saturated rings. The lowest BCUT2D eigenvalue weighted by atomic mass is 10.3. The molecule has 0 amide bonds. The van der Waals surface area contributed by atoms with E-state index in [2.05, 4.69) is 9.59 Å². The van der Waals surface area contributed by atoms with Crippen molar-refractivity contribution in [2.75, 3.05) is 0 Å². The van der Waals surface area contributed by atoms with Crippen LogP contribution in [0.2, 0.25) is 0 Å². The van der Waals surface area contributed by atoms with Crippen LogP contribution in [-0.2, 0) is 6.61 Å². The van der Waals surface area contributed by atoms with Crippen LogP contribution in [0.4, 0.5) is 0 Å². The first-order valence-corrected chi connectivity index (χ1v) is 5.27. The average Bonchev–Trinajstić information content (AvgIpc) is 2.76. The molecule has 2 aromatic rings. The number of aromatic nitrogens is 2. The minimum Gasteiger partial charge on any atom is -0.488 e. The van der Waals surface area contributed by atoms with Gasteiger partial charge in [-0.1, -0.05) is 22.7 Å². The molecule has 1 heterocycles. The standard InChI is InChI=1S/C10H8N2O3S/c13-10(14)9-8(16-12-11-9)6-15-7-4-2-1-3-5-7/h1-5H,6H2,(H,13,14). The second kappa shape index (κ2) is 4.71. The third-order valence-corrected chi connectivity index (χ3v) is 2.57. The molecule has 0 aliphatic rings. The van der Waals surface area contributed by atoms with Crippen molar-refractivity contribution >= 4 is 17.5 Å². The lowest BCUT2D eigenvalue weighted by molar-refractivity contribution is 0.0687. The van der Waals surface area contributed by atoms with E-state index in [1.54, 1.807) is 12.1 Å². The third kappa shape index (κ3) is 2.34. The van der Waals surface area contributed by atoms with Gasteiger partial charge >= 0.3 is 5.97 Å². The minimum atomic E-state index is -1.08. The Morgan fingerprint density at radius 1 is 1.38 bits per heavy atom. The van der Waals surface area contributed by atoms with Crippen molar-refractivity contribution in [1.29, 1.82) is 0 Å². The van der Waals surface area contributed by atoms with Crippen molar-refractivity contribution in [2.24, 2.45) is 0 Å². The Labute approximate surface area is 95.5 Å². The SMILES string of the molecule is O=C(O)c1nnsc1COc1ccccc1. The molecule has 0 saturated heterocycles. The summed E-state index contributed by atoms with van der Waals surface area (Å²) in [7, 11) is 0. The van der Waals surface area contributed by atoms with Crippen LogP contribution >= 0.6 is 11.5 Å². The second-order valence-electron chi connectivity index (χ2n) is 2.95. The van der Waals surface area contributed by atoms with E-state index in [9.17, 15) is 4.79 Å². The number of hydrogen-bond donors (Lipinski definition) is 1. The van der Waals surface area contributed by atoms with Crippen molar-refractivity contribution in [3.63, 3.8) is 0 Å². The summed E-state index contributed by atoms with van der Waals surface area (Å²) in [4.78, 5) is 11.3. The highest BCUT2D eigenvalue weighted by Crippen LogP contribution is 2.15. The summed E-state index contributed by atoms with van der Waals surface area (Å²) in [5.74, 6) is -0.396. The number of aromatic carboxylic acids is 1. The maximum Gasteiger partial charge on any atom is 0.357 e. The second-order valence-corrected chi connectivity index (χ2v) is 3.79. The molecule has 1 N–H and O–H groups in total. The van der Waals surface area contributed by atoms with E-state index in [1.165, 1.54) is 0 Å². The highest BCUT2D eigenvalue weighted by Gasteiger charge is 2.15. The Balaban J connectivity index is 2.05. The number of rotatable bonds is 4. The predicted molar refractivity (Wildman–Crippen MR) is 57.6 cm³/mol. The lowest BCUT2D eigenvalue weighted by Crippen LogP contribution is -2.03. The topological polar surface area (TPSA) is 72.3 Å². The molecular formula is C10H8N2O3S. The van der Waals surface area contributed by atoms with E-state index in [4.69, 9.17) is 9.84 Å². The monoisotopic (exact) mass is 236 g/mol. The summed E-state index contributed by atoms with van der Waals surface area (Å²) >= 11 is 1.03. The Kier molecular flexibility index (Phi) is 3.11. The van der Waals surface area contributed by atoms with Crippen molar-refractivity contribution in [2.45, 2.75) is 6.61 Å². The molecule has 82 valence electrons. The molecule has 1 aromatic carbocycles. The van der Waals surface area contributed by atoms with Crippen molar-refractivity contribution in [3.05, 3.63) is 40.9 Å². The summed E-state index contributed by atoms with van der Waals surface area (Å²) in [6, 6.07) is 9.17. The van der Waals surface area contributed by atoms with E-state index >= 15 is 0 Å². The van der Waals surface area contributed by atoms with Crippen LogP contribution in [0.3, 0.4) is 0 Å². The molecule has 0 radical (unpaired) electrons. The van der Waals surface area contributed by atoms with Gasteiger partial charge in [0.2, 0.25) is 0 Å². The summed E-state index contributed by atoms with van der Waals surface area (Å²) in [5, 5.41) is 12.3. The molecule has 0 saturated carbocycles. The number of carboxylic acids is 1. The van der Waals surface area contributed by atoms with Crippen LogP contribution in [-0.4, -0.2) is 20.7 Å². The van der Waals surface area contributed by atoms with Gasteiger partial charge < -0.3 is 9.84 Å². The first-order chi connectivity index (χ1) is 7.77. The van der Waals surface area contributed by atoms with E-state index in [1.807, 2.05) is 18.2 Å². The summed E-state index contributed by atoms with van der Waals surface area (Å²) in [6.07, 6.45) is 0. The van der Waals surface area contributed by atoms with E-state index in [0.717, 1.165) is 11.5 Å². The minimum absolute atomic E-state index is 0.0408. The van der Waals surface area contributed by atoms with E-state index < -0.39 is 5.97 Å². The van der Waals surface area contributed by atoms with Crippen LogP contribution in [0.15, 0.2) is 30.3 Å². The molecule has 1 aromatic heterocycles. The van der Waals surface area contributed by atoms with Gasteiger partial charge in [-0.05, 0) is 23.7 Å². The van der Waals surface area contributed by atoms with Crippen molar-refractivity contribution in [1.82, 2.24) is 9.59 Å². The quantitative estimate of drug-likeness (QED) is 0.876. The number of para-hydroxylation sites is 1. The number of carboxylic acid groups (broad SMARTS) is 1. The normalized spacial score (nSPS) is 10.0. The number of benzene rings is 1. The zero-order valence-electron chi connectivity index (χ0n) is 8.16. The first-order valence-electron chi connectivity index (χ1n) is 4.50. The fourth-order valence-electron chi connectivity index (χ4n) is 1.13. The predicted octanol–water partition coefficient (Wildman–Crippen LogP) is 1.82. The Hall–Kier alpha value is -1.95. The molecular weight excluding hydrogens is 228 g/mol. The molecule has 0 bridgehead atoms. The molecule has 16 heavy (non-hydrogen) atoms. The molecule has 6 heteroatoms. The first kappa shape index (κ1) is 10.6. The van der Waals surface area contributed by atoms with Crippen molar-refractivity contribution < 1.29 is 14.6 Å². The zero-order chi connectivity index (χ0) is 11.4. The van der Waals surface area contributed by atoms with Gasteiger partial charge in [0.25, 0.3) is 0 Å². The van der Waals surface area contributed by atoms with Gasteiger partial charge in [-0.15, -0.1) is 5.10 Å². The maximum absolute atomic E-state index is 10.7. The largest absolute Gasteiger partial charge is 0.488 e. The number of nitrogens with zero attached hydrogens (tertiary/aromatic N) is 2. The molecule has 0 atom stereocenters. The van der Waals surface area contributed by atoms with Crippen LogP contribution < -0.4 is 4.74 Å². The molecule has 0 unspecified atom stereocenters. The third-order valence-electron chi connectivity index (χ3n) is 1.87. The fourth-order valence-corrected chi connectivity index (χ4v) is 1.68. The summed E-state index contributed by atoms with van der Waals surface area (Å²) in [5.41, 5.74) is -0.0408. The highest BCUT2D eigenvalue weighted by molar-refractivity contribution is 7.05. The molecule has 0 aliphatic carbocycles. The Bertz CT molecular complexity index is 484. The molecule has 0 aliphatic heterocycles. The number of carbonyl (C=O) groups is 1. The molecule has 2 rings (SSSR count). The molecule has 0 spiro atoms. The Morgan fingerprint density at radius 3 is 2.81 bits per heavy atom. The van der Waals surface area contributed by atoms with Gasteiger partial charge in [0.15, 0.2) is 5.69 Å². The van der Waals surface area contributed by atoms with Gasteiger partial charge in [0.1, 0.15) is 12.4 Å². The fraction of sp³-hybridized carbons (Fsp3) is 0.100. The van der Waals surface area contributed by atoms with Crippen LogP contribution in [0, 0.1) is 0 Å². The maximum atomic E-state index is 10.7. The van der Waals surface area contributed by atoms with Gasteiger partial charge in [0.05, 0.1) is 4.88 Å².